The van der Waals surface area contributed by atoms with Crippen LogP contribution >= 0.6 is 23.5 Å². The Morgan fingerprint density at radius 3 is 1.50 bits per heavy atom. The maximum absolute atomic E-state index is 2.50. The van der Waals surface area contributed by atoms with Crippen molar-refractivity contribution in [1.29, 1.82) is 0 Å². The summed E-state index contributed by atoms with van der Waals surface area (Å²) in [6, 6.07) is 0. The number of thioether (sulfide) groups is 2. The fourth-order valence-corrected chi connectivity index (χ4v) is 7.19. The van der Waals surface area contributed by atoms with Gasteiger partial charge in [0.05, 0.1) is 0 Å². The average Bonchev–Trinajstić information content (AvgIpc) is 2.92. The Balaban J connectivity index is 1.56. The molecule has 0 aromatic heterocycles. The van der Waals surface area contributed by atoms with Crippen molar-refractivity contribution < 1.29 is 0 Å². The first-order chi connectivity index (χ1) is 6.62. The van der Waals surface area contributed by atoms with Crippen LogP contribution in [0.3, 0.4) is 0 Å². The highest BCUT2D eigenvalue weighted by Gasteiger charge is 2.67. The smallest absolute Gasteiger partial charge is 0.0257 e. The molecule has 2 aliphatic carbocycles. The van der Waals surface area contributed by atoms with Crippen LogP contribution in [0.25, 0.3) is 0 Å². The summed E-state index contributed by atoms with van der Waals surface area (Å²) in [5.74, 6) is 2.21. The van der Waals surface area contributed by atoms with Gasteiger partial charge in [-0.15, -0.1) is 23.5 Å². The second-order valence-electron chi connectivity index (χ2n) is 6.11. The molecule has 0 amide bonds. The van der Waals surface area contributed by atoms with E-state index in [-0.39, 0.29) is 0 Å². The SMILES string of the molecule is CC12CCC(C3CCC4(C)SC34)C1S2. The Morgan fingerprint density at radius 1 is 0.857 bits per heavy atom. The van der Waals surface area contributed by atoms with Gasteiger partial charge < -0.3 is 0 Å². The lowest BCUT2D eigenvalue weighted by molar-refractivity contribution is 0.370. The van der Waals surface area contributed by atoms with Gasteiger partial charge in [0.1, 0.15) is 0 Å². The number of hydrogen-bond acceptors (Lipinski definition) is 2. The van der Waals surface area contributed by atoms with Crippen molar-refractivity contribution in [1.82, 2.24) is 0 Å². The summed E-state index contributed by atoms with van der Waals surface area (Å²) in [7, 11) is 0. The molecular formula is C12H18S2. The van der Waals surface area contributed by atoms with E-state index in [0.29, 0.717) is 0 Å². The van der Waals surface area contributed by atoms with Crippen molar-refractivity contribution in [3.8, 4) is 0 Å². The van der Waals surface area contributed by atoms with Crippen LogP contribution in [0.1, 0.15) is 39.5 Å². The largest absolute Gasteiger partial charge is 0.149 e. The van der Waals surface area contributed by atoms with E-state index >= 15 is 0 Å². The van der Waals surface area contributed by atoms with E-state index in [1.807, 2.05) is 0 Å². The van der Waals surface area contributed by atoms with E-state index in [2.05, 4.69) is 37.4 Å². The normalized spacial score (nSPS) is 69.0. The molecule has 0 bridgehead atoms. The molecule has 78 valence electrons. The first kappa shape index (κ1) is 8.81. The lowest BCUT2D eigenvalue weighted by atomic mass is 9.88. The second-order valence-corrected chi connectivity index (χ2v) is 9.46. The third-order valence-corrected chi connectivity index (χ3v) is 8.89. The fourth-order valence-electron chi connectivity index (χ4n) is 4.08. The van der Waals surface area contributed by atoms with Gasteiger partial charge in [-0.05, 0) is 51.4 Å². The Kier molecular flexibility index (Phi) is 1.47. The third kappa shape index (κ3) is 0.953. The highest BCUT2D eigenvalue weighted by molar-refractivity contribution is 8.09. The van der Waals surface area contributed by atoms with Crippen molar-refractivity contribution in [3.63, 3.8) is 0 Å². The summed E-state index contributed by atoms with van der Waals surface area (Å²) in [5, 5.41) is 2.13. The van der Waals surface area contributed by atoms with Gasteiger partial charge in [-0.1, -0.05) is 0 Å². The molecule has 4 fully saturated rings. The Hall–Kier alpha value is 0.700. The summed E-state index contributed by atoms with van der Waals surface area (Å²) in [6.07, 6.45) is 6.12. The Morgan fingerprint density at radius 2 is 1.29 bits per heavy atom. The van der Waals surface area contributed by atoms with Crippen LogP contribution in [-0.2, 0) is 0 Å². The van der Waals surface area contributed by atoms with Crippen LogP contribution in [-0.4, -0.2) is 20.0 Å². The molecule has 2 saturated carbocycles. The number of rotatable bonds is 1. The summed E-state index contributed by atoms with van der Waals surface area (Å²) >= 11 is 4.57. The van der Waals surface area contributed by atoms with Crippen molar-refractivity contribution in [2.75, 3.05) is 0 Å². The Bertz CT molecular complexity index is 273. The first-order valence-electron chi connectivity index (χ1n) is 5.98. The molecule has 2 heteroatoms. The molecule has 0 aromatic carbocycles. The minimum atomic E-state index is 0.739. The number of fused-ring (bicyclic) bond motifs is 2. The van der Waals surface area contributed by atoms with Crippen LogP contribution in [0.4, 0.5) is 0 Å². The minimum Gasteiger partial charge on any atom is -0.149 e. The molecule has 2 aliphatic heterocycles. The fraction of sp³-hybridized carbons (Fsp3) is 1.00. The van der Waals surface area contributed by atoms with Gasteiger partial charge >= 0.3 is 0 Å². The molecule has 2 saturated heterocycles. The van der Waals surface area contributed by atoms with Gasteiger partial charge in [0.2, 0.25) is 0 Å². The van der Waals surface area contributed by atoms with Gasteiger partial charge in [-0.25, -0.2) is 0 Å². The van der Waals surface area contributed by atoms with Gasteiger partial charge in [0.15, 0.2) is 0 Å². The highest BCUT2D eigenvalue weighted by Crippen LogP contribution is 2.73. The summed E-state index contributed by atoms with van der Waals surface area (Å²) < 4.78 is 1.48. The van der Waals surface area contributed by atoms with Crippen molar-refractivity contribution >= 4 is 23.5 Å². The van der Waals surface area contributed by atoms with Crippen molar-refractivity contribution in [2.24, 2.45) is 11.8 Å². The van der Waals surface area contributed by atoms with Crippen LogP contribution in [0.15, 0.2) is 0 Å². The van der Waals surface area contributed by atoms with Gasteiger partial charge in [0, 0.05) is 20.0 Å². The molecule has 14 heavy (non-hydrogen) atoms. The summed E-state index contributed by atoms with van der Waals surface area (Å²) in [4.78, 5) is 0. The predicted octanol–water partition coefficient (Wildman–Crippen LogP) is 3.55. The van der Waals surface area contributed by atoms with Gasteiger partial charge in [-0.3, -0.25) is 0 Å². The van der Waals surface area contributed by atoms with Crippen LogP contribution in [0.5, 0.6) is 0 Å². The molecule has 0 aromatic rings. The van der Waals surface area contributed by atoms with Crippen LogP contribution in [0.2, 0.25) is 0 Å². The Labute approximate surface area is 95.0 Å². The molecule has 0 nitrogen and oxygen atoms in total. The third-order valence-electron chi connectivity index (χ3n) is 5.16. The molecule has 6 atom stereocenters. The summed E-state index contributed by atoms with van der Waals surface area (Å²) in [5.41, 5.74) is 0. The molecule has 2 heterocycles. The molecule has 0 radical (unpaired) electrons. The van der Waals surface area contributed by atoms with E-state index in [1.165, 1.54) is 12.8 Å². The second kappa shape index (κ2) is 2.34. The van der Waals surface area contributed by atoms with Crippen molar-refractivity contribution in [3.05, 3.63) is 0 Å². The summed E-state index contributed by atoms with van der Waals surface area (Å²) in [6.45, 7) is 4.99. The predicted molar refractivity (Wildman–Crippen MR) is 65.0 cm³/mol. The molecule has 4 rings (SSSR count). The number of hydrogen-bond donors (Lipinski definition) is 0. The minimum absolute atomic E-state index is 0.739. The highest BCUT2D eigenvalue weighted by atomic mass is 32.2. The van der Waals surface area contributed by atoms with E-state index in [1.54, 1.807) is 12.8 Å². The van der Waals surface area contributed by atoms with E-state index in [9.17, 15) is 0 Å². The van der Waals surface area contributed by atoms with E-state index in [0.717, 1.165) is 31.8 Å². The van der Waals surface area contributed by atoms with Crippen LogP contribution < -0.4 is 0 Å². The molecule has 6 unspecified atom stereocenters. The lowest BCUT2D eigenvalue weighted by Crippen LogP contribution is -2.20. The lowest BCUT2D eigenvalue weighted by Gasteiger charge is -2.19. The van der Waals surface area contributed by atoms with Crippen LogP contribution in [0, 0.1) is 11.8 Å². The van der Waals surface area contributed by atoms with E-state index < -0.39 is 0 Å². The first-order valence-corrected chi connectivity index (χ1v) is 7.74. The zero-order valence-electron chi connectivity index (χ0n) is 8.95. The zero-order chi connectivity index (χ0) is 9.55. The zero-order valence-corrected chi connectivity index (χ0v) is 10.6. The standard InChI is InChI=1S/C12H18S2/c1-11-5-3-7(9(11)13-11)8-4-6-12(2)10(8)14-12/h7-10H,3-6H2,1-2H3. The molecule has 4 aliphatic rings. The average molecular weight is 226 g/mol. The van der Waals surface area contributed by atoms with Gasteiger partial charge in [-0.2, -0.15) is 0 Å². The van der Waals surface area contributed by atoms with E-state index in [4.69, 9.17) is 0 Å². The monoisotopic (exact) mass is 226 g/mol. The topological polar surface area (TPSA) is 0 Å². The quantitative estimate of drug-likeness (QED) is 0.627. The maximum Gasteiger partial charge on any atom is 0.0257 e. The molecular weight excluding hydrogens is 208 g/mol. The van der Waals surface area contributed by atoms with Gasteiger partial charge in [0.25, 0.3) is 0 Å². The molecule has 0 spiro atoms. The van der Waals surface area contributed by atoms with Crippen molar-refractivity contribution in [2.45, 2.75) is 59.5 Å². The maximum atomic E-state index is 2.50. The molecule has 0 N–H and O–H groups in total.